The fourth-order valence-electron chi connectivity index (χ4n) is 2.08. The minimum atomic E-state index is -0.399. The highest BCUT2D eigenvalue weighted by molar-refractivity contribution is 5.83. The Morgan fingerprint density at radius 3 is 2.89 bits per heavy atom. The van der Waals surface area contributed by atoms with Gasteiger partial charge in [0, 0.05) is 30.0 Å². The molecule has 1 aromatic heterocycles. The van der Waals surface area contributed by atoms with Gasteiger partial charge in [0.2, 0.25) is 0 Å². The van der Waals surface area contributed by atoms with Gasteiger partial charge in [-0.1, -0.05) is 6.92 Å². The molecule has 1 heterocycles. The first-order valence-corrected chi connectivity index (χ1v) is 6.23. The van der Waals surface area contributed by atoms with Gasteiger partial charge in [0.1, 0.15) is 6.33 Å². The summed E-state index contributed by atoms with van der Waals surface area (Å²) in [5.41, 5.74) is 1.64. The summed E-state index contributed by atoms with van der Waals surface area (Å²) in [7, 11) is 0. The van der Waals surface area contributed by atoms with E-state index in [1.165, 1.54) is 12.4 Å². The van der Waals surface area contributed by atoms with Gasteiger partial charge in [0.15, 0.2) is 0 Å². The molecule has 0 aliphatic carbocycles. The van der Waals surface area contributed by atoms with E-state index in [1.54, 1.807) is 12.1 Å². The lowest BCUT2D eigenvalue weighted by Gasteiger charge is -2.12. The molecule has 0 spiro atoms. The van der Waals surface area contributed by atoms with Crippen LogP contribution in [-0.4, -0.2) is 27.5 Å². The van der Waals surface area contributed by atoms with E-state index in [0.29, 0.717) is 6.42 Å². The number of benzene rings is 1. The van der Waals surface area contributed by atoms with E-state index >= 15 is 0 Å². The van der Waals surface area contributed by atoms with Crippen LogP contribution < -0.4 is 5.32 Å². The highest BCUT2D eigenvalue weighted by Crippen LogP contribution is 2.22. The van der Waals surface area contributed by atoms with Gasteiger partial charge in [-0.2, -0.15) is 0 Å². The van der Waals surface area contributed by atoms with Crippen molar-refractivity contribution < 1.29 is 4.92 Å². The minimum absolute atomic E-state index is 0.0691. The van der Waals surface area contributed by atoms with E-state index in [1.807, 2.05) is 6.92 Å². The number of non-ortho nitro benzene ring substituents is 1. The summed E-state index contributed by atoms with van der Waals surface area (Å²) in [6.07, 6.45) is 2.22. The highest BCUT2D eigenvalue weighted by atomic mass is 16.6. The second-order valence-electron chi connectivity index (χ2n) is 4.44. The predicted molar refractivity (Wildman–Crippen MR) is 73.0 cm³/mol. The fourth-order valence-corrected chi connectivity index (χ4v) is 2.08. The Bertz CT molecular complexity index is 600. The van der Waals surface area contributed by atoms with Crippen LogP contribution in [0.5, 0.6) is 0 Å². The van der Waals surface area contributed by atoms with Crippen molar-refractivity contribution in [2.75, 3.05) is 6.54 Å². The van der Waals surface area contributed by atoms with Crippen molar-refractivity contribution in [1.82, 2.24) is 15.3 Å². The van der Waals surface area contributed by atoms with E-state index in [4.69, 9.17) is 0 Å². The van der Waals surface area contributed by atoms with E-state index in [2.05, 4.69) is 22.2 Å². The standard InChI is InChI=1S/C13H16N4O2/c1-3-14-9(2)6-13-11-7-10(17(18)19)4-5-12(11)15-8-16-13/h4-5,7-9,14H,3,6H2,1-2H3. The van der Waals surface area contributed by atoms with Gasteiger partial charge in [0.25, 0.3) is 5.69 Å². The smallest absolute Gasteiger partial charge is 0.270 e. The summed E-state index contributed by atoms with van der Waals surface area (Å²) >= 11 is 0. The van der Waals surface area contributed by atoms with Crippen LogP contribution in [0.3, 0.4) is 0 Å². The maximum absolute atomic E-state index is 10.8. The van der Waals surface area contributed by atoms with Gasteiger partial charge < -0.3 is 5.32 Å². The van der Waals surface area contributed by atoms with Gasteiger partial charge in [-0.05, 0) is 19.5 Å². The first-order chi connectivity index (χ1) is 9.11. The molecule has 100 valence electrons. The lowest BCUT2D eigenvalue weighted by molar-refractivity contribution is -0.384. The Morgan fingerprint density at radius 1 is 1.42 bits per heavy atom. The number of hydrogen-bond donors (Lipinski definition) is 1. The van der Waals surface area contributed by atoms with Crippen molar-refractivity contribution in [1.29, 1.82) is 0 Å². The number of rotatable bonds is 5. The molecular formula is C13H16N4O2. The highest BCUT2D eigenvalue weighted by Gasteiger charge is 2.12. The second-order valence-corrected chi connectivity index (χ2v) is 4.44. The van der Waals surface area contributed by atoms with Crippen molar-refractivity contribution in [2.45, 2.75) is 26.3 Å². The van der Waals surface area contributed by atoms with Gasteiger partial charge in [-0.15, -0.1) is 0 Å². The summed E-state index contributed by atoms with van der Waals surface area (Å²) in [5, 5.41) is 14.9. The normalized spacial score (nSPS) is 12.5. The van der Waals surface area contributed by atoms with E-state index < -0.39 is 4.92 Å². The maximum atomic E-state index is 10.8. The number of nitrogens with zero attached hydrogens (tertiary/aromatic N) is 3. The van der Waals surface area contributed by atoms with E-state index in [0.717, 1.165) is 23.1 Å². The third-order valence-electron chi connectivity index (χ3n) is 2.96. The molecule has 0 saturated heterocycles. The van der Waals surface area contributed by atoms with Crippen molar-refractivity contribution in [3.8, 4) is 0 Å². The number of likely N-dealkylation sites (N-methyl/N-ethyl adjacent to an activating group) is 1. The molecule has 1 aromatic carbocycles. The number of nitro groups is 1. The minimum Gasteiger partial charge on any atom is -0.314 e. The number of nitrogens with one attached hydrogen (secondary N) is 1. The van der Waals surface area contributed by atoms with Crippen molar-refractivity contribution >= 4 is 16.6 Å². The summed E-state index contributed by atoms with van der Waals surface area (Å²) in [4.78, 5) is 18.8. The van der Waals surface area contributed by atoms with Crippen LogP contribution in [0, 0.1) is 10.1 Å². The monoisotopic (exact) mass is 260 g/mol. The molecule has 1 unspecified atom stereocenters. The third kappa shape index (κ3) is 3.03. The zero-order chi connectivity index (χ0) is 13.8. The van der Waals surface area contributed by atoms with Crippen LogP contribution in [-0.2, 0) is 6.42 Å². The quantitative estimate of drug-likeness (QED) is 0.657. The predicted octanol–water partition coefficient (Wildman–Crippen LogP) is 2.08. The summed E-state index contributed by atoms with van der Waals surface area (Å²) < 4.78 is 0. The number of aromatic nitrogens is 2. The van der Waals surface area contributed by atoms with Crippen molar-refractivity contribution in [3.05, 3.63) is 40.3 Å². The molecule has 0 aliphatic rings. The number of nitro benzene ring substituents is 1. The zero-order valence-electron chi connectivity index (χ0n) is 11.0. The lowest BCUT2D eigenvalue weighted by Crippen LogP contribution is -2.28. The molecule has 0 aliphatic heterocycles. The van der Waals surface area contributed by atoms with E-state index in [-0.39, 0.29) is 11.7 Å². The Morgan fingerprint density at radius 2 is 2.21 bits per heavy atom. The molecule has 2 aromatic rings. The molecule has 0 fully saturated rings. The first-order valence-electron chi connectivity index (χ1n) is 6.23. The van der Waals surface area contributed by atoms with Crippen LogP contribution >= 0.6 is 0 Å². The van der Waals surface area contributed by atoms with Crippen LogP contribution in [0.1, 0.15) is 19.5 Å². The van der Waals surface area contributed by atoms with Crippen LogP contribution in [0.25, 0.3) is 10.9 Å². The summed E-state index contributed by atoms with van der Waals surface area (Å²) in [6.45, 7) is 4.98. The first kappa shape index (κ1) is 13.4. The third-order valence-corrected chi connectivity index (χ3v) is 2.96. The van der Waals surface area contributed by atoms with Crippen LogP contribution in [0.2, 0.25) is 0 Å². The van der Waals surface area contributed by atoms with Gasteiger partial charge in [-0.3, -0.25) is 10.1 Å². The molecule has 6 nitrogen and oxygen atoms in total. The van der Waals surface area contributed by atoms with Gasteiger partial charge >= 0.3 is 0 Å². The van der Waals surface area contributed by atoms with Crippen LogP contribution in [0.15, 0.2) is 24.5 Å². The molecule has 0 amide bonds. The molecule has 0 saturated carbocycles. The Hall–Kier alpha value is -2.08. The number of fused-ring (bicyclic) bond motifs is 1. The number of hydrogen-bond acceptors (Lipinski definition) is 5. The SMILES string of the molecule is CCNC(C)Cc1ncnc2ccc([N+](=O)[O-])cc12. The maximum Gasteiger partial charge on any atom is 0.270 e. The lowest BCUT2D eigenvalue weighted by atomic mass is 10.1. The molecule has 6 heteroatoms. The Labute approximate surface area is 111 Å². The average molecular weight is 260 g/mol. The zero-order valence-corrected chi connectivity index (χ0v) is 11.0. The van der Waals surface area contributed by atoms with Gasteiger partial charge in [0.05, 0.1) is 16.1 Å². The average Bonchev–Trinajstić information content (AvgIpc) is 2.38. The van der Waals surface area contributed by atoms with E-state index in [9.17, 15) is 10.1 Å². The topological polar surface area (TPSA) is 81.0 Å². The van der Waals surface area contributed by atoms with Crippen LogP contribution in [0.4, 0.5) is 5.69 Å². The summed E-state index contributed by atoms with van der Waals surface area (Å²) in [6, 6.07) is 4.94. The van der Waals surface area contributed by atoms with Crippen molar-refractivity contribution in [2.24, 2.45) is 0 Å². The molecule has 0 radical (unpaired) electrons. The largest absolute Gasteiger partial charge is 0.314 e. The second kappa shape index (κ2) is 5.71. The Balaban J connectivity index is 2.42. The molecule has 1 atom stereocenters. The van der Waals surface area contributed by atoms with Crippen molar-refractivity contribution in [3.63, 3.8) is 0 Å². The molecule has 1 N–H and O–H groups in total. The summed E-state index contributed by atoms with van der Waals surface area (Å²) in [5.74, 6) is 0. The molecular weight excluding hydrogens is 244 g/mol. The molecule has 19 heavy (non-hydrogen) atoms. The molecule has 2 rings (SSSR count). The van der Waals surface area contributed by atoms with Gasteiger partial charge in [-0.25, -0.2) is 9.97 Å². The Kier molecular flexibility index (Phi) is 4.01. The molecule has 0 bridgehead atoms. The fraction of sp³-hybridized carbons (Fsp3) is 0.385.